The van der Waals surface area contributed by atoms with E-state index in [2.05, 4.69) is 5.32 Å². The van der Waals surface area contributed by atoms with Crippen LogP contribution in [0, 0.1) is 11.8 Å². The summed E-state index contributed by atoms with van der Waals surface area (Å²) in [6.45, 7) is 1.79. The van der Waals surface area contributed by atoms with E-state index < -0.39 is 41.2 Å². The van der Waals surface area contributed by atoms with Crippen molar-refractivity contribution in [2.24, 2.45) is 11.8 Å². The third-order valence-corrected chi connectivity index (χ3v) is 6.98. The number of phenols is 2. The standard InChI is InChI=1S/C28H26N2O6/c1-2-36-27(35)28(16-17-8-12-20(31)13-9-17)23-22(24(29-28)18-10-14-21(32)15-11-18)25(33)30(26(23)34)19-6-4-3-5-7-19/h3-15,22-24,29,31-32H,2,16H2,1H3/t22-,23-,24-,28-/m1/s1. The Kier molecular flexibility index (Phi) is 5.97. The molecule has 0 spiro atoms. The van der Waals surface area contributed by atoms with Crippen molar-refractivity contribution in [3.63, 3.8) is 0 Å². The second kappa shape index (κ2) is 9.13. The zero-order valence-corrected chi connectivity index (χ0v) is 19.6. The van der Waals surface area contributed by atoms with Crippen molar-refractivity contribution in [2.75, 3.05) is 11.5 Å². The van der Waals surface area contributed by atoms with Gasteiger partial charge in [0.2, 0.25) is 11.8 Å². The number of para-hydroxylation sites is 1. The summed E-state index contributed by atoms with van der Waals surface area (Å²) in [6, 6.07) is 20.7. The van der Waals surface area contributed by atoms with Crippen LogP contribution in [-0.4, -0.2) is 40.1 Å². The lowest BCUT2D eigenvalue weighted by Crippen LogP contribution is -2.58. The number of imide groups is 1. The molecule has 3 aromatic rings. The third kappa shape index (κ3) is 3.79. The predicted octanol–water partition coefficient (Wildman–Crippen LogP) is 3.09. The second-order valence-electron chi connectivity index (χ2n) is 9.10. The summed E-state index contributed by atoms with van der Waals surface area (Å²) in [4.78, 5) is 42.6. The Morgan fingerprint density at radius 3 is 2.14 bits per heavy atom. The number of hydrogen-bond acceptors (Lipinski definition) is 7. The number of carbonyl (C=O) groups is 3. The molecule has 8 heteroatoms. The van der Waals surface area contributed by atoms with E-state index in [4.69, 9.17) is 4.74 Å². The molecule has 0 saturated carbocycles. The molecule has 8 nitrogen and oxygen atoms in total. The number of phenolic OH excluding ortho intramolecular Hbond substituents is 2. The van der Waals surface area contributed by atoms with E-state index in [1.54, 1.807) is 61.5 Å². The minimum absolute atomic E-state index is 0.0637. The van der Waals surface area contributed by atoms with Crippen LogP contribution < -0.4 is 10.2 Å². The average molecular weight is 487 g/mol. The number of fused-ring (bicyclic) bond motifs is 1. The topological polar surface area (TPSA) is 116 Å². The molecular formula is C28H26N2O6. The minimum atomic E-state index is -1.53. The molecule has 0 aliphatic carbocycles. The van der Waals surface area contributed by atoms with Crippen LogP contribution in [0.3, 0.4) is 0 Å². The van der Waals surface area contributed by atoms with E-state index in [0.29, 0.717) is 16.8 Å². The highest BCUT2D eigenvalue weighted by molar-refractivity contribution is 6.24. The predicted molar refractivity (Wildman–Crippen MR) is 131 cm³/mol. The molecule has 0 radical (unpaired) electrons. The number of rotatable bonds is 6. The van der Waals surface area contributed by atoms with Crippen LogP contribution in [0.2, 0.25) is 0 Å². The van der Waals surface area contributed by atoms with E-state index in [-0.39, 0.29) is 24.5 Å². The molecular weight excluding hydrogens is 460 g/mol. The molecule has 36 heavy (non-hydrogen) atoms. The molecule has 2 aliphatic heterocycles. The molecule has 0 bridgehead atoms. The fourth-order valence-electron chi connectivity index (χ4n) is 5.42. The number of ether oxygens (including phenoxy) is 1. The maximum atomic E-state index is 14.0. The van der Waals surface area contributed by atoms with Gasteiger partial charge < -0.3 is 14.9 Å². The molecule has 5 rings (SSSR count). The zero-order chi connectivity index (χ0) is 25.4. The lowest BCUT2D eigenvalue weighted by molar-refractivity contribution is -0.154. The van der Waals surface area contributed by atoms with Crippen molar-refractivity contribution in [1.82, 2.24) is 5.32 Å². The SMILES string of the molecule is CCOC(=O)[C@]1(Cc2ccc(O)cc2)N[C@H](c2ccc(O)cc2)[C@@H]2C(=O)N(c3ccccc3)C(=O)[C@@H]21. The number of benzene rings is 3. The van der Waals surface area contributed by atoms with Crippen LogP contribution in [0.5, 0.6) is 11.5 Å². The lowest BCUT2D eigenvalue weighted by atomic mass is 9.76. The molecule has 2 heterocycles. The van der Waals surface area contributed by atoms with Crippen LogP contribution in [0.15, 0.2) is 78.9 Å². The number of esters is 1. The summed E-state index contributed by atoms with van der Waals surface area (Å²) < 4.78 is 5.49. The van der Waals surface area contributed by atoms with Gasteiger partial charge in [0.1, 0.15) is 17.0 Å². The van der Waals surface area contributed by atoms with Gasteiger partial charge in [-0.2, -0.15) is 0 Å². The quantitative estimate of drug-likeness (QED) is 0.362. The number of aromatic hydroxyl groups is 2. The fourth-order valence-corrected chi connectivity index (χ4v) is 5.42. The van der Waals surface area contributed by atoms with E-state index >= 15 is 0 Å². The third-order valence-electron chi connectivity index (χ3n) is 6.98. The molecule has 4 atom stereocenters. The molecule has 184 valence electrons. The molecule has 0 unspecified atom stereocenters. The van der Waals surface area contributed by atoms with E-state index in [9.17, 15) is 24.6 Å². The summed E-state index contributed by atoms with van der Waals surface area (Å²) >= 11 is 0. The van der Waals surface area contributed by atoms with Crippen LogP contribution in [0.4, 0.5) is 5.69 Å². The van der Waals surface area contributed by atoms with Crippen LogP contribution >= 0.6 is 0 Å². The molecule has 2 fully saturated rings. The molecule has 3 N–H and O–H groups in total. The molecule has 3 aromatic carbocycles. The molecule has 2 saturated heterocycles. The van der Waals surface area contributed by atoms with Gasteiger partial charge in [0.15, 0.2) is 0 Å². The summed E-state index contributed by atoms with van der Waals surface area (Å²) in [5.74, 6) is -3.26. The number of anilines is 1. The van der Waals surface area contributed by atoms with Gasteiger partial charge in [-0.15, -0.1) is 0 Å². The van der Waals surface area contributed by atoms with Crippen LogP contribution in [0.1, 0.15) is 24.1 Å². The van der Waals surface area contributed by atoms with Gasteiger partial charge in [-0.1, -0.05) is 42.5 Å². The Morgan fingerprint density at radius 2 is 1.53 bits per heavy atom. The first kappa shape index (κ1) is 23.6. The highest BCUT2D eigenvalue weighted by Gasteiger charge is 2.69. The fraction of sp³-hybridized carbons (Fsp3) is 0.250. The zero-order valence-electron chi connectivity index (χ0n) is 19.6. The van der Waals surface area contributed by atoms with Gasteiger partial charge in [-0.3, -0.25) is 19.7 Å². The second-order valence-corrected chi connectivity index (χ2v) is 9.10. The smallest absolute Gasteiger partial charge is 0.327 e. The van der Waals surface area contributed by atoms with E-state index in [1.807, 2.05) is 0 Å². The lowest BCUT2D eigenvalue weighted by Gasteiger charge is -2.33. The summed E-state index contributed by atoms with van der Waals surface area (Å²) in [6.07, 6.45) is 0.0729. The highest BCUT2D eigenvalue weighted by atomic mass is 16.5. The Morgan fingerprint density at radius 1 is 0.917 bits per heavy atom. The number of hydrogen-bond donors (Lipinski definition) is 3. The summed E-state index contributed by atoms with van der Waals surface area (Å²) in [7, 11) is 0. The first-order chi connectivity index (χ1) is 17.4. The van der Waals surface area contributed by atoms with Gasteiger partial charge in [0.25, 0.3) is 0 Å². The average Bonchev–Trinajstić information content (AvgIpc) is 3.35. The van der Waals surface area contributed by atoms with Crippen molar-refractivity contribution >= 4 is 23.5 Å². The van der Waals surface area contributed by atoms with Crippen molar-refractivity contribution in [2.45, 2.75) is 24.9 Å². The number of amides is 2. The summed E-state index contributed by atoms with van der Waals surface area (Å²) in [5, 5.41) is 22.9. The van der Waals surface area contributed by atoms with Crippen molar-refractivity contribution in [1.29, 1.82) is 0 Å². The molecule has 0 aromatic heterocycles. The van der Waals surface area contributed by atoms with Crippen LogP contribution in [0.25, 0.3) is 0 Å². The molecule has 2 amide bonds. The molecule has 2 aliphatic rings. The monoisotopic (exact) mass is 486 g/mol. The normalized spacial score (nSPS) is 25.1. The van der Waals surface area contributed by atoms with Crippen LogP contribution in [-0.2, 0) is 25.5 Å². The van der Waals surface area contributed by atoms with Crippen molar-refractivity contribution in [3.05, 3.63) is 90.0 Å². The van der Waals surface area contributed by atoms with Gasteiger partial charge in [0.05, 0.1) is 24.1 Å². The van der Waals surface area contributed by atoms with E-state index in [1.165, 1.54) is 24.3 Å². The minimum Gasteiger partial charge on any atom is -0.508 e. The number of nitrogens with zero attached hydrogens (tertiary/aromatic N) is 1. The maximum Gasteiger partial charge on any atom is 0.327 e. The Labute approximate surface area is 208 Å². The van der Waals surface area contributed by atoms with Gasteiger partial charge in [-0.25, -0.2) is 4.90 Å². The highest BCUT2D eigenvalue weighted by Crippen LogP contribution is 2.51. The Balaban J connectivity index is 1.67. The Bertz CT molecular complexity index is 1290. The number of carbonyl (C=O) groups excluding carboxylic acids is 3. The van der Waals surface area contributed by atoms with Gasteiger partial charge in [0, 0.05) is 12.5 Å². The summed E-state index contributed by atoms with van der Waals surface area (Å²) in [5.41, 5.74) is 0.262. The van der Waals surface area contributed by atoms with Gasteiger partial charge in [-0.05, 0) is 54.4 Å². The first-order valence-electron chi connectivity index (χ1n) is 11.8. The largest absolute Gasteiger partial charge is 0.508 e. The number of nitrogens with one attached hydrogen (secondary N) is 1. The Hall–Kier alpha value is -4.17. The van der Waals surface area contributed by atoms with Gasteiger partial charge >= 0.3 is 5.97 Å². The van der Waals surface area contributed by atoms with Crippen molar-refractivity contribution < 1.29 is 29.3 Å². The maximum absolute atomic E-state index is 14.0. The van der Waals surface area contributed by atoms with Crippen molar-refractivity contribution in [3.8, 4) is 11.5 Å². The first-order valence-corrected chi connectivity index (χ1v) is 11.8. The van der Waals surface area contributed by atoms with E-state index in [0.717, 1.165) is 4.90 Å².